The van der Waals surface area contributed by atoms with Gasteiger partial charge in [-0.2, -0.15) is 11.8 Å². The van der Waals surface area contributed by atoms with Gasteiger partial charge < -0.3 is 10.2 Å². The van der Waals surface area contributed by atoms with Crippen LogP contribution in [0.25, 0.3) is 0 Å². The summed E-state index contributed by atoms with van der Waals surface area (Å²) in [6, 6.07) is -0.311. The maximum atomic E-state index is 12.7. The number of rotatable bonds is 7. The van der Waals surface area contributed by atoms with Crippen molar-refractivity contribution in [2.45, 2.75) is 57.5 Å². The van der Waals surface area contributed by atoms with Gasteiger partial charge in [-0.05, 0) is 50.5 Å². The summed E-state index contributed by atoms with van der Waals surface area (Å²) in [6.07, 6.45) is 6.81. The van der Waals surface area contributed by atoms with Gasteiger partial charge in [0.05, 0.1) is 0 Å². The van der Waals surface area contributed by atoms with Gasteiger partial charge in [0.1, 0.15) is 11.6 Å². The summed E-state index contributed by atoms with van der Waals surface area (Å²) in [4.78, 5) is 27.2. The number of piperazine rings is 1. The van der Waals surface area contributed by atoms with Gasteiger partial charge in [0.15, 0.2) is 0 Å². The summed E-state index contributed by atoms with van der Waals surface area (Å²) in [5, 5.41) is 2.96. The van der Waals surface area contributed by atoms with Crippen molar-refractivity contribution in [1.82, 2.24) is 10.2 Å². The number of carbonyl (C=O) groups is 2. The van der Waals surface area contributed by atoms with E-state index in [0.29, 0.717) is 12.5 Å². The van der Waals surface area contributed by atoms with Gasteiger partial charge in [-0.3, -0.25) is 9.59 Å². The maximum Gasteiger partial charge on any atom is 0.246 e. The van der Waals surface area contributed by atoms with Crippen LogP contribution >= 0.6 is 11.8 Å². The molecule has 0 aromatic rings. The lowest BCUT2D eigenvalue weighted by atomic mass is 9.87. The lowest BCUT2D eigenvalue weighted by molar-refractivity contribution is -0.158. The third kappa shape index (κ3) is 2.83. The van der Waals surface area contributed by atoms with Crippen molar-refractivity contribution in [2.75, 3.05) is 18.6 Å². The Kier molecular flexibility index (Phi) is 4.99. The molecule has 1 heterocycles. The fourth-order valence-corrected chi connectivity index (χ4v) is 3.57. The molecule has 0 spiro atoms. The van der Waals surface area contributed by atoms with Crippen LogP contribution < -0.4 is 5.32 Å². The smallest absolute Gasteiger partial charge is 0.246 e. The van der Waals surface area contributed by atoms with Crippen molar-refractivity contribution >= 4 is 23.6 Å². The fraction of sp³-hybridized carbons (Fsp3) is 0.867. The van der Waals surface area contributed by atoms with Gasteiger partial charge in [0.2, 0.25) is 11.8 Å². The van der Waals surface area contributed by atoms with Gasteiger partial charge in [0.25, 0.3) is 0 Å². The van der Waals surface area contributed by atoms with Crippen LogP contribution in [0.5, 0.6) is 0 Å². The predicted octanol–water partition coefficient (Wildman–Crippen LogP) is 2.04. The quantitative estimate of drug-likeness (QED) is 0.732. The van der Waals surface area contributed by atoms with Gasteiger partial charge >= 0.3 is 0 Å². The number of hydrogen-bond donors (Lipinski definition) is 1. The zero-order valence-corrected chi connectivity index (χ0v) is 13.6. The molecule has 2 unspecified atom stereocenters. The van der Waals surface area contributed by atoms with Crippen molar-refractivity contribution in [2.24, 2.45) is 5.92 Å². The van der Waals surface area contributed by atoms with Crippen molar-refractivity contribution in [3.63, 3.8) is 0 Å². The molecule has 114 valence electrons. The van der Waals surface area contributed by atoms with E-state index in [1.807, 2.05) is 18.7 Å². The molecule has 0 bridgehead atoms. The maximum absolute atomic E-state index is 12.7. The highest BCUT2D eigenvalue weighted by Crippen LogP contribution is 2.45. The Morgan fingerprint density at radius 1 is 1.40 bits per heavy atom. The van der Waals surface area contributed by atoms with E-state index in [9.17, 15) is 9.59 Å². The Hall–Kier alpha value is -0.710. The molecule has 5 heteroatoms. The Balaban J connectivity index is 2.17. The molecule has 20 heavy (non-hydrogen) atoms. The van der Waals surface area contributed by atoms with E-state index >= 15 is 0 Å². The second-order valence-corrected chi connectivity index (χ2v) is 7.06. The van der Waals surface area contributed by atoms with Crippen LogP contribution in [-0.4, -0.2) is 46.8 Å². The molecule has 1 saturated heterocycles. The summed E-state index contributed by atoms with van der Waals surface area (Å²) in [6.45, 7) is 4.71. The predicted molar refractivity (Wildman–Crippen MR) is 82.7 cm³/mol. The second-order valence-electron chi connectivity index (χ2n) is 6.07. The summed E-state index contributed by atoms with van der Waals surface area (Å²) in [7, 11) is 0. The minimum Gasteiger partial charge on any atom is -0.342 e. The summed E-state index contributed by atoms with van der Waals surface area (Å²) in [5.74, 6) is 1.57. The zero-order valence-electron chi connectivity index (χ0n) is 12.8. The molecule has 1 aliphatic carbocycles. The summed E-state index contributed by atoms with van der Waals surface area (Å²) < 4.78 is 0. The largest absolute Gasteiger partial charge is 0.342 e. The molecule has 2 atom stereocenters. The molecule has 2 aliphatic rings. The molecule has 2 fully saturated rings. The first-order valence-electron chi connectivity index (χ1n) is 7.67. The Labute approximate surface area is 126 Å². The summed E-state index contributed by atoms with van der Waals surface area (Å²) >= 11 is 1.79. The van der Waals surface area contributed by atoms with Crippen LogP contribution in [0.1, 0.15) is 46.0 Å². The van der Waals surface area contributed by atoms with E-state index in [2.05, 4.69) is 11.6 Å². The molecule has 0 aromatic carbocycles. The van der Waals surface area contributed by atoms with Crippen LogP contribution in [0, 0.1) is 5.92 Å². The van der Waals surface area contributed by atoms with E-state index in [0.717, 1.165) is 37.9 Å². The molecular formula is C15H26N2O2S. The highest BCUT2D eigenvalue weighted by molar-refractivity contribution is 7.98. The number of nitrogens with one attached hydrogen (secondary N) is 1. The van der Waals surface area contributed by atoms with Crippen molar-refractivity contribution < 1.29 is 9.59 Å². The van der Waals surface area contributed by atoms with Gasteiger partial charge in [-0.15, -0.1) is 0 Å². The topological polar surface area (TPSA) is 49.4 Å². The minimum absolute atomic E-state index is 0.0576. The van der Waals surface area contributed by atoms with E-state index in [1.165, 1.54) is 0 Å². The fourth-order valence-electron chi connectivity index (χ4n) is 3.15. The molecule has 1 saturated carbocycles. The van der Waals surface area contributed by atoms with E-state index < -0.39 is 5.54 Å². The van der Waals surface area contributed by atoms with E-state index in [-0.39, 0.29) is 17.9 Å². The van der Waals surface area contributed by atoms with E-state index in [4.69, 9.17) is 0 Å². The number of hydrogen-bond acceptors (Lipinski definition) is 3. The molecule has 2 rings (SSSR count). The average Bonchev–Trinajstić information content (AvgIpc) is 3.25. The Bertz CT molecular complexity index is 384. The summed E-state index contributed by atoms with van der Waals surface area (Å²) in [5.41, 5.74) is -0.611. The highest BCUT2D eigenvalue weighted by Gasteiger charge is 2.56. The lowest BCUT2D eigenvalue weighted by Crippen LogP contribution is -2.70. The zero-order chi connectivity index (χ0) is 14.8. The second kappa shape index (κ2) is 6.37. The lowest BCUT2D eigenvalue weighted by Gasteiger charge is -2.46. The molecule has 0 radical (unpaired) electrons. The number of amides is 2. The molecule has 1 aliphatic heterocycles. The Morgan fingerprint density at radius 2 is 2.10 bits per heavy atom. The van der Waals surface area contributed by atoms with Gasteiger partial charge in [-0.1, -0.05) is 13.3 Å². The first kappa shape index (κ1) is 15.7. The highest BCUT2D eigenvalue weighted by atomic mass is 32.2. The van der Waals surface area contributed by atoms with Crippen LogP contribution in [0.4, 0.5) is 0 Å². The molecular weight excluding hydrogens is 272 g/mol. The van der Waals surface area contributed by atoms with Crippen LogP contribution in [0.2, 0.25) is 0 Å². The van der Waals surface area contributed by atoms with E-state index in [1.54, 1.807) is 11.8 Å². The number of thioether (sulfide) groups is 1. The third-order valence-corrected chi connectivity index (χ3v) is 5.27. The standard InChI is InChI=1S/C15H26N2O2S/c1-4-6-12-13(18)17(9-5-10-20-3)15(2,11-7-8-11)14(19)16-12/h11-12H,4-10H2,1-3H3,(H,16,19). The van der Waals surface area contributed by atoms with Crippen LogP contribution in [-0.2, 0) is 9.59 Å². The molecule has 1 N–H and O–H groups in total. The first-order chi connectivity index (χ1) is 9.55. The molecule has 4 nitrogen and oxygen atoms in total. The number of nitrogens with zero attached hydrogens (tertiary/aromatic N) is 1. The van der Waals surface area contributed by atoms with Crippen LogP contribution in [0.15, 0.2) is 0 Å². The average molecular weight is 298 g/mol. The third-order valence-electron chi connectivity index (χ3n) is 4.57. The van der Waals surface area contributed by atoms with Gasteiger partial charge in [-0.25, -0.2) is 0 Å². The SMILES string of the molecule is CCCC1NC(=O)C(C)(C2CC2)N(CCCSC)C1=O. The normalized spacial score (nSPS) is 30.6. The first-order valence-corrected chi connectivity index (χ1v) is 9.06. The molecule has 0 aromatic heterocycles. The molecule has 2 amide bonds. The number of carbonyl (C=O) groups excluding carboxylic acids is 2. The van der Waals surface area contributed by atoms with Crippen molar-refractivity contribution in [3.8, 4) is 0 Å². The Morgan fingerprint density at radius 3 is 2.65 bits per heavy atom. The monoisotopic (exact) mass is 298 g/mol. The van der Waals surface area contributed by atoms with Crippen molar-refractivity contribution in [3.05, 3.63) is 0 Å². The van der Waals surface area contributed by atoms with Gasteiger partial charge in [0, 0.05) is 6.54 Å². The minimum atomic E-state index is -0.611. The van der Waals surface area contributed by atoms with Crippen LogP contribution in [0.3, 0.4) is 0 Å². The van der Waals surface area contributed by atoms with Crippen molar-refractivity contribution in [1.29, 1.82) is 0 Å².